The molecule has 0 fully saturated rings. The molecular formula is C16H18ClNO. The average Bonchev–Trinajstić information content (AvgIpc) is 2.55. The maximum absolute atomic E-state index is 11.3. The van der Waals surface area contributed by atoms with E-state index in [1.54, 1.807) is 6.92 Å². The van der Waals surface area contributed by atoms with Crippen LogP contribution in [0, 0.1) is 20.8 Å². The predicted octanol–water partition coefficient (Wildman–Crippen LogP) is 4.19. The van der Waals surface area contributed by atoms with Crippen LogP contribution in [0.2, 0.25) is 5.02 Å². The molecule has 0 N–H and O–H groups in total. The summed E-state index contributed by atoms with van der Waals surface area (Å²) in [5, 5.41) is 0.743. The van der Waals surface area contributed by atoms with E-state index in [9.17, 15) is 4.79 Å². The number of ketones is 1. The summed E-state index contributed by atoms with van der Waals surface area (Å²) in [4.78, 5) is 11.3. The number of rotatable bonds is 3. The van der Waals surface area contributed by atoms with E-state index in [4.69, 9.17) is 11.6 Å². The van der Waals surface area contributed by atoms with Gasteiger partial charge >= 0.3 is 0 Å². The third-order valence-corrected chi connectivity index (χ3v) is 3.61. The lowest BCUT2D eigenvalue weighted by Crippen LogP contribution is -2.03. The van der Waals surface area contributed by atoms with Gasteiger partial charge in [0.1, 0.15) is 5.78 Å². The molecule has 0 amide bonds. The molecule has 0 radical (unpaired) electrons. The molecule has 0 bridgehead atoms. The van der Waals surface area contributed by atoms with Crippen LogP contribution in [0.3, 0.4) is 0 Å². The minimum atomic E-state index is 0.188. The van der Waals surface area contributed by atoms with Gasteiger partial charge in [0, 0.05) is 28.5 Å². The van der Waals surface area contributed by atoms with Gasteiger partial charge in [-0.2, -0.15) is 0 Å². The van der Waals surface area contributed by atoms with Gasteiger partial charge in [-0.3, -0.25) is 4.79 Å². The van der Waals surface area contributed by atoms with Gasteiger partial charge < -0.3 is 4.57 Å². The molecular weight excluding hydrogens is 258 g/mol. The SMILES string of the molecule is CC(=O)Cc1cc(C)n(-c2ccc(Cl)cc2C)c1C. The van der Waals surface area contributed by atoms with Crippen LogP contribution in [0.1, 0.15) is 29.4 Å². The maximum atomic E-state index is 11.3. The summed E-state index contributed by atoms with van der Waals surface area (Å²) in [6.07, 6.45) is 0.492. The average molecular weight is 276 g/mol. The Hall–Kier alpha value is -1.54. The van der Waals surface area contributed by atoms with Gasteiger partial charge in [0.2, 0.25) is 0 Å². The second kappa shape index (κ2) is 5.22. The van der Waals surface area contributed by atoms with Crippen LogP contribution in [-0.4, -0.2) is 10.4 Å². The summed E-state index contributed by atoms with van der Waals surface area (Å²) in [7, 11) is 0. The summed E-state index contributed by atoms with van der Waals surface area (Å²) in [6, 6.07) is 7.97. The number of halogens is 1. The standard InChI is InChI=1S/C16H18ClNO/c1-10-7-15(17)5-6-16(10)18-11(2)8-14(13(18)4)9-12(3)19/h5-8H,9H2,1-4H3. The fourth-order valence-electron chi connectivity index (χ4n) is 2.52. The normalized spacial score (nSPS) is 10.8. The van der Waals surface area contributed by atoms with E-state index in [0.717, 1.165) is 33.2 Å². The number of carbonyl (C=O) groups excluding carboxylic acids is 1. The Labute approximate surface area is 119 Å². The largest absolute Gasteiger partial charge is 0.318 e. The fraction of sp³-hybridized carbons (Fsp3) is 0.312. The number of Topliss-reactive ketones (excluding diaryl/α,β-unsaturated/α-hetero) is 1. The minimum absolute atomic E-state index is 0.188. The molecule has 0 unspecified atom stereocenters. The first-order chi connectivity index (χ1) is 8.90. The van der Waals surface area contributed by atoms with Gasteiger partial charge in [0.05, 0.1) is 0 Å². The molecule has 0 aliphatic rings. The third kappa shape index (κ3) is 2.74. The van der Waals surface area contributed by atoms with E-state index in [-0.39, 0.29) is 5.78 Å². The molecule has 0 spiro atoms. The van der Waals surface area contributed by atoms with E-state index >= 15 is 0 Å². The highest BCUT2D eigenvalue weighted by Gasteiger charge is 2.13. The van der Waals surface area contributed by atoms with E-state index < -0.39 is 0 Å². The van der Waals surface area contributed by atoms with E-state index in [1.807, 2.05) is 25.1 Å². The van der Waals surface area contributed by atoms with Crippen molar-refractivity contribution in [1.82, 2.24) is 4.57 Å². The fourth-order valence-corrected chi connectivity index (χ4v) is 2.74. The molecule has 0 saturated carbocycles. The maximum Gasteiger partial charge on any atom is 0.134 e. The van der Waals surface area contributed by atoms with Crippen molar-refractivity contribution in [3.8, 4) is 5.69 Å². The molecule has 1 aromatic carbocycles. The number of hydrogen-bond acceptors (Lipinski definition) is 1. The van der Waals surface area contributed by atoms with Gasteiger partial charge in [-0.25, -0.2) is 0 Å². The molecule has 1 aromatic heterocycles. The van der Waals surface area contributed by atoms with Crippen LogP contribution in [0.5, 0.6) is 0 Å². The van der Waals surface area contributed by atoms with Crippen molar-refractivity contribution in [2.75, 3.05) is 0 Å². The van der Waals surface area contributed by atoms with E-state index in [0.29, 0.717) is 6.42 Å². The lowest BCUT2D eigenvalue weighted by molar-refractivity contribution is -0.116. The van der Waals surface area contributed by atoms with Crippen LogP contribution in [0.25, 0.3) is 5.69 Å². The van der Waals surface area contributed by atoms with Crippen LogP contribution < -0.4 is 0 Å². The molecule has 0 atom stereocenters. The Morgan fingerprint density at radius 1 is 1.21 bits per heavy atom. The summed E-state index contributed by atoms with van der Waals surface area (Å²) >= 11 is 6.00. The Morgan fingerprint density at radius 2 is 1.89 bits per heavy atom. The number of aromatic nitrogens is 1. The van der Waals surface area contributed by atoms with Crippen LogP contribution in [0.4, 0.5) is 0 Å². The molecule has 2 aromatic rings. The van der Waals surface area contributed by atoms with Crippen molar-refractivity contribution in [1.29, 1.82) is 0 Å². The van der Waals surface area contributed by atoms with Crippen molar-refractivity contribution < 1.29 is 4.79 Å². The summed E-state index contributed by atoms with van der Waals surface area (Å²) < 4.78 is 2.18. The van der Waals surface area contributed by atoms with Gasteiger partial charge in [-0.15, -0.1) is 0 Å². The van der Waals surface area contributed by atoms with E-state index in [1.165, 1.54) is 0 Å². The topological polar surface area (TPSA) is 22.0 Å². The summed E-state index contributed by atoms with van der Waals surface area (Å²) in [5.41, 5.74) is 5.61. The van der Waals surface area contributed by atoms with Gasteiger partial charge in [-0.1, -0.05) is 11.6 Å². The van der Waals surface area contributed by atoms with Crippen molar-refractivity contribution in [2.45, 2.75) is 34.1 Å². The Kier molecular flexibility index (Phi) is 3.81. The molecule has 1 heterocycles. The van der Waals surface area contributed by atoms with Crippen molar-refractivity contribution in [2.24, 2.45) is 0 Å². The molecule has 2 rings (SSSR count). The lowest BCUT2D eigenvalue weighted by Gasteiger charge is -2.13. The third-order valence-electron chi connectivity index (χ3n) is 3.38. The number of aryl methyl sites for hydroxylation is 2. The smallest absolute Gasteiger partial charge is 0.134 e. The summed E-state index contributed by atoms with van der Waals surface area (Å²) in [5.74, 6) is 0.188. The zero-order valence-corrected chi connectivity index (χ0v) is 12.5. The van der Waals surface area contributed by atoms with Crippen molar-refractivity contribution >= 4 is 17.4 Å². The Bertz CT molecular complexity index is 640. The minimum Gasteiger partial charge on any atom is -0.318 e. The van der Waals surface area contributed by atoms with Gasteiger partial charge in [-0.05, 0) is 63.1 Å². The number of hydrogen-bond donors (Lipinski definition) is 0. The second-order valence-corrected chi connectivity index (χ2v) is 5.48. The predicted molar refractivity (Wildman–Crippen MR) is 79.4 cm³/mol. The first-order valence-electron chi connectivity index (χ1n) is 6.34. The molecule has 3 heteroatoms. The Balaban J connectivity index is 2.56. The van der Waals surface area contributed by atoms with Crippen LogP contribution >= 0.6 is 11.6 Å². The number of benzene rings is 1. The van der Waals surface area contributed by atoms with Crippen LogP contribution in [-0.2, 0) is 11.2 Å². The first-order valence-corrected chi connectivity index (χ1v) is 6.71. The quantitative estimate of drug-likeness (QED) is 0.823. The lowest BCUT2D eigenvalue weighted by atomic mass is 10.1. The molecule has 19 heavy (non-hydrogen) atoms. The number of nitrogens with zero attached hydrogens (tertiary/aromatic N) is 1. The highest BCUT2D eigenvalue weighted by atomic mass is 35.5. The zero-order valence-electron chi connectivity index (χ0n) is 11.7. The van der Waals surface area contributed by atoms with Crippen molar-refractivity contribution in [3.63, 3.8) is 0 Å². The number of carbonyl (C=O) groups is 1. The monoisotopic (exact) mass is 275 g/mol. The highest BCUT2D eigenvalue weighted by Crippen LogP contribution is 2.25. The molecule has 2 nitrogen and oxygen atoms in total. The zero-order chi connectivity index (χ0) is 14.2. The van der Waals surface area contributed by atoms with Gasteiger partial charge in [0.15, 0.2) is 0 Å². The van der Waals surface area contributed by atoms with E-state index in [2.05, 4.69) is 24.5 Å². The first kappa shape index (κ1) is 13.9. The molecule has 0 aliphatic carbocycles. The second-order valence-electron chi connectivity index (χ2n) is 5.04. The summed E-state index contributed by atoms with van der Waals surface area (Å²) in [6.45, 7) is 7.79. The van der Waals surface area contributed by atoms with Gasteiger partial charge in [0.25, 0.3) is 0 Å². The van der Waals surface area contributed by atoms with Crippen LogP contribution in [0.15, 0.2) is 24.3 Å². The molecule has 0 saturated heterocycles. The Morgan fingerprint density at radius 3 is 2.47 bits per heavy atom. The molecule has 0 aliphatic heterocycles. The highest BCUT2D eigenvalue weighted by molar-refractivity contribution is 6.30. The van der Waals surface area contributed by atoms with Crippen molar-refractivity contribution in [3.05, 3.63) is 51.8 Å². The molecule has 100 valence electrons.